The van der Waals surface area contributed by atoms with E-state index in [0.29, 0.717) is 11.3 Å². The monoisotopic (exact) mass is 313 g/mol. The maximum atomic E-state index is 12.2. The number of furan rings is 1. The third-order valence-electron chi connectivity index (χ3n) is 4.40. The molecule has 5 nitrogen and oxygen atoms in total. The van der Waals surface area contributed by atoms with Gasteiger partial charge in [-0.2, -0.15) is 0 Å². The molecule has 3 rings (SSSR count). The smallest absolute Gasteiger partial charge is 0.259 e. The summed E-state index contributed by atoms with van der Waals surface area (Å²) in [5.41, 5.74) is 3.81. The van der Waals surface area contributed by atoms with E-state index in [9.17, 15) is 4.79 Å². The van der Waals surface area contributed by atoms with Crippen molar-refractivity contribution in [1.82, 2.24) is 4.90 Å². The number of aryl methyl sites for hydroxylation is 2. The van der Waals surface area contributed by atoms with E-state index < -0.39 is 0 Å². The van der Waals surface area contributed by atoms with Gasteiger partial charge in [-0.15, -0.1) is 0 Å². The van der Waals surface area contributed by atoms with Crippen molar-refractivity contribution >= 4 is 17.3 Å². The Hall–Kier alpha value is -2.27. The molecule has 0 aliphatic carbocycles. The average molecular weight is 313 g/mol. The fourth-order valence-electron chi connectivity index (χ4n) is 2.95. The van der Waals surface area contributed by atoms with Crippen LogP contribution >= 0.6 is 0 Å². The molecular formula is C18H23N3O2. The number of hydrogen-bond acceptors (Lipinski definition) is 4. The van der Waals surface area contributed by atoms with Crippen molar-refractivity contribution in [3.63, 3.8) is 0 Å². The van der Waals surface area contributed by atoms with Crippen LogP contribution in [0.3, 0.4) is 0 Å². The van der Waals surface area contributed by atoms with E-state index in [0.717, 1.165) is 31.9 Å². The van der Waals surface area contributed by atoms with Crippen molar-refractivity contribution < 1.29 is 9.21 Å². The Labute approximate surface area is 136 Å². The normalized spacial score (nSPS) is 15.7. The molecule has 1 N–H and O–H groups in total. The molecule has 0 spiro atoms. The Balaban J connectivity index is 1.72. The van der Waals surface area contributed by atoms with Gasteiger partial charge in [0.15, 0.2) is 0 Å². The third-order valence-corrected chi connectivity index (χ3v) is 4.40. The molecule has 1 aliphatic rings. The molecule has 2 heterocycles. The maximum absolute atomic E-state index is 12.2. The molecule has 1 saturated heterocycles. The van der Waals surface area contributed by atoms with Crippen LogP contribution in [0.2, 0.25) is 0 Å². The number of nitrogens with zero attached hydrogens (tertiary/aromatic N) is 2. The van der Waals surface area contributed by atoms with Crippen LogP contribution in [0.25, 0.3) is 0 Å². The highest BCUT2D eigenvalue weighted by molar-refractivity contribution is 6.05. The first-order chi connectivity index (χ1) is 11.0. The lowest BCUT2D eigenvalue weighted by Crippen LogP contribution is -2.44. The second kappa shape index (κ2) is 6.46. The van der Waals surface area contributed by atoms with Crippen molar-refractivity contribution in [2.24, 2.45) is 0 Å². The zero-order chi connectivity index (χ0) is 16.4. The van der Waals surface area contributed by atoms with Gasteiger partial charge < -0.3 is 19.5 Å². The lowest BCUT2D eigenvalue weighted by molar-refractivity contribution is 0.102. The van der Waals surface area contributed by atoms with Crippen LogP contribution in [0, 0.1) is 13.8 Å². The minimum absolute atomic E-state index is 0.136. The molecule has 5 heteroatoms. The van der Waals surface area contributed by atoms with Gasteiger partial charge in [0, 0.05) is 37.6 Å². The summed E-state index contributed by atoms with van der Waals surface area (Å²) in [6, 6.07) is 7.78. The second-order valence-corrected chi connectivity index (χ2v) is 6.14. The van der Waals surface area contributed by atoms with Crippen molar-refractivity contribution in [2.75, 3.05) is 43.4 Å². The number of amides is 1. The highest BCUT2D eigenvalue weighted by atomic mass is 16.3. The molecule has 23 heavy (non-hydrogen) atoms. The van der Waals surface area contributed by atoms with E-state index >= 15 is 0 Å². The zero-order valence-corrected chi connectivity index (χ0v) is 13.9. The van der Waals surface area contributed by atoms with E-state index in [4.69, 9.17) is 4.42 Å². The molecule has 0 bridgehead atoms. The first kappa shape index (κ1) is 15.6. The summed E-state index contributed by atoms with van der Waals surface area (Å²) in [5.74, 6) is 0.497. The van der Waals surface area contributed by atoms with Crippen LogP contribution in [0.4, 0.5) is 11.4 Å². The van der Waals surface area contributed by atoms with E-state index in [1.807, 2.05) is 12.1 Å². The molecule has 122 valence electrons. The average Bonchev–Trinajstić information content (AvgIpc) is 2.95. The molecule has 1 aromatic carbocycles. The highest BCUT2D eigenvalue weighted by Crippen LogP contribution is 2.25. The molecule has 1 aromatic heterocycles. The van der Waals surface area contributed by atoms with E-state index in [-0.39, 0.29) is 5.91 Å². The van der Waals surface area contributed by atoms with Gasteiger partial charge in [-0.05, 0) is 50.7 Å². The van der Waals surface area contributed by atoms with Gasteiger partial charge in [0.1, 0.15) is 5.76 Å². The Morgan fingerprint density at radius 3 is 2.48 bits per heavy atom. The number of likely N-dealkylation sites (N-methyl/N-ethyl adjacent to an activating group) is 1. The predicted octanol–water partition coefficient (Wildman–Crippen LogP) is 2.90. The van der Waals surface area contributed by atoms with E-state index in [1.165, 1.54) is 17.5 Å². The first-order valence-corrected chi connectivity index (χ1v) is 7.94. The fraction of sp³-hybridized carbons (Fsp3) is 0.389. The third kappa shape index (κ3) is 3.40. The van der Waals surface area contributed by atoms with Crippen molar-refractivity contribution in [2.45, 2.75) is 13.8 Å². The van der Waals surface area contributed by atoms with Gasteiger partial charge in [-0.1, -0.05) is 0 Å². The highest BCUT2D eigenvalue weighted by Gasteiger charge is 2.17. The van der Waals surface area contributed by atoms with Gasteiger partial charge in [-0.25, -0.2) is 0 Å². The molecule has 0 atom stereocenters. The molecule has 0 saturated carbocycles. The molecule has 0 unspecified atom stereocenters. The summed E-state index contributed by atoms with van der Waals surface area (Å²) in [6.07, 6.45) is 1.53. The molecule has 1 aliphatic heterocycles. The number of nitrogens with one attached hydrogen (secondary N) is 1. The van der Waals surface area contributed by atoms with Crippen LogP contribution in [0.15, 0.2) is 34.9 Å². The zero-order valence-electron chi connectivity index (χ0n) is 13.9. The summed E-state index contributed by atoms with van der Waals surface area (Å²) in [6.45, 7) is 8.12. The summed E-state index contributed by atoms with van der Waals surface area (Å²) >= 11 is 0. The topological polar surface area (TPSA) is 48.7 Å². The van der Waals surface area contributed by atoms with Crippen molar-refractivity contribution in [3.05, 3.63) is 47.4 Å². The van der Waals surface area contributed by atoms with Crippen molar-refractivity contribution in [1.29, 1.82) is 0 Å². The van der Waals surface area contributed by atoms with E-state index in [1.54, 1.807) is 13.0 Å². The van der Waals surface area contributed by atoms with Crippen LogP contribution in [0.1, 0.15) is 21.7 Å². The molecule has 1 amide bonds. The Kier molecular flexibility index (Phi) is 4.39. The molecule has 1 fully saturated rings. The number of piperazine rings is 1. The number of rotatable bonds is 3. The van der Waals surface area contributed by atoms with Crippen LogP contribution < -0.4 is 10.2 Å². The quantitative estimate of drug-likeness (QED) is 0.946. The summed E-state index contributed by atoms with van der Waals surface area (Å²) in [4.78, 5) is 17.0. The second-order valence-electron chi connectivity index (χ2n) is 6.14. The molecule has 2 aromatic rings. The minimum Gasteiger partial charge on any atom is -0.469 e. The van der Waals surface area contributed by atoms with Crippen LogP contribution in [0.5, 0.6) is 0 Å². The van der Waals surface area contributed by atoms with Crippen LogP contribution in [-0.4, -0.2) is 44.0 Å². The summed E-state index contributed by atoms with van der Waals surface area (Å²) < 4.78 is 5.18. The number of carbonyl (C=O) groups excluding carboxylic acids is 1. The largest absolute Gasteiger partial charge is 0.469 e. The van der Waals surface area contributed by atoms with Gasteiger partial charge in [0.05, 0.1) is 11.8 Å². The number of carbonyl (C=O) groups is 1. The number of anilines is 2. The van der Waals surface area contributed by atoms with Gasteiger partial charge >= 0.3 is 0 Å². The number of benzene rings is 1. The van der Waals surface area contributed by atoms with Gasteiger partial charge in [-0.3, -0.25) is 4.79 Å². The van der Waals surface area contributed by atoms with Gasteiger partial charge in [0.2, 0.25) is 0 Å². The van der Waals surface area contributed by atoms with E-state index in [2.05, 4.69) is 35.2 Å². The predicted molar refractivity (Wildman–Crippen MR) is 92.3 cm³/mol. The van der Waals surface area contributed by atoms with Crippen LogP contribution in [-0.2, 0) is 0 Å². The summed E-state index contributed by atoms with van der Waals surface area (Å²) in [7, 11) is 2.15. The lowest BCUT2D eigenvalue weighted by atomic mass is 10.1. The standard InChI is InChI=1S/C18H23N3O2/c1-13-12-15(19-18(22)16-6-11-23-14(16)2)4-5-17(13)21-9-7-20(3)8-10-21/h4-6,11-12H,7-10H2,1-3H3,(H,19,22). The fourth-order valence-corrected chi connectivity index (χ4v) is 2.95. The Morgan fingerprint density at radius 1 is 1.13 bits per heavy atom. The Morgan fingerprint density at radius 2 is 1.87 bits per heavy atom. The van der Waals surface area contributed by atoms with Gasteiger partial charge in [0.25, 0.3) is 5.91 Å². The summed E-state index contributed by atoms with van der Waals surface area (Å²) in [5, 5.41) is 2.94. The molecular weight excluding hydrogens is 290 g/mol. The minimum atomic E-state index is -0.136. The van der Waals surface area contributed by atoms with Crippen molar-refractivity contribution in [3.8, 4) is 0 Å². The first-order valence-electron chi connectivity index (χ1n) is 7.94. The Bertz CT molecular complexity index is 700. The SMILES string of the molecule is Cc1cc(NC(=O)c2ccoc2C)ccc1N1CCN(C)CC1. The molecule has 0 radical (unpaired) electrons. The maximum Gasteiger partial charge on any atom is 0.259 e. The lowest BCUT2D eigenvalue weighted by Gasteiger charge is -2.35. The number of hydrogen-bond donors (Lipinski definition) is 1.